The quantitative estimate of drug-likeness (QED) is 0.788. The molecule has 7 heteroatoms. The van der Waals surface area contributed by atoms with Crippen LogP contribution in [0.25, 0.3) is 11.1 Å². The van der Waals surface area contributed by atoms with E-state index in [1.807, 2.05) is 0 Å². The minimum absolute atomic E-state index is 0.159. The first kappa shape index (κ1) is 17.4. The maximum atomic E-state index is 13.2. The van der Waals surface area contributed by atoms with E-state index >= 15 is 0 Å². The molecule has 136 valence electrons. The highest BCUT2D eigenvalue weighted by Crippen LogP contribution is 2.43. The third kappa shape index (κ3) is 2.87. The van der Waals surface area contributed by atoms with Crippen molar-refractivity contribution >= 4 is 33.2 Å². The molecular formula is C19H19ClN2O3S. The van der Waals surface area contributed by atoms with Gasteiger partial charge in [-0.3, -0.25) is 9.10 Å². The molecule has 2 aromatic carbocycles. The maximum Gasteiger partial charge on any atom is 0.265 e. The molecule has 0 radical (unpaired) electrons. The van der Waals surface area contributed by atoms with Gasteiger partial charge < -0.3 is 4.90 Å². The summed E-state index contributed by atoms with van der Waals surface area (Å²) in [6.07, 6.45) is 3.04. The van der Waals surface area contributed by atoms with Crippen molar-refractivity contribution in [3.05, 3.63) is 47.5 Å². The largest absolute Gasteiger partial charge is 0.341 e. The van der Waals surface area contributed by atoms with Gasteiger partial charge >= 0.3 is 0 Å². The van der Waals surface area contributed by atoms with Gasteiger partial charge in [0.1, 0.15) is 6.54 Å². The number of fused-ring (bicyclic) bond motifs is 3. The molecule has 0 aliphatic carbocycles. The average Bonchev–Trinajstić information content (AvgIpc) is 2.66. The lowest BCUT2D eigenvalue weighted by molar-refractivity contribution is -0.130. The molecule has 0 atom stereocenters. The first-order chi connectivity index (χ1) is 12.5. The van der Waals surface area contributed by atoms with E-state index < -0.39 is 10.0 Å². The molecule has 1 amide bonds. The number of benzene rings is 2. The van der Waals surface area contributed by atoms with Crippen LogP contribution in [0.4, 0.5) is 5.69 Å². The average molecular weight is 391 g/mol. The van der Waals surface area contributed by atoms with Crippen molar-refractivity contribution in [2.24, 2.45) is 0 Å². The van der Waals surface area contributed by atoms with Crippen LogP contribution < -0.4 is 4.31 Å². The van der Waals surface area contributed by atoms with Gasteiger partial charge in [0.05, 0.1) is 10.6 Å². The van der Waals surface area contributed by atoms with Crippen LogP contribution in [0, 0.1) is 0 Å². The van der Waals surface area contributed by atoms with Crippen LogP contribution >= 0.6 is 11.6 Å². The second kappa shape index (κ2) is 6.59. The van der Waals surface area contributed by atoms with Crippen molar-refractivity contribution in [2.45, 2.75) is 24.2 Å². The van der Waals surface area contributed by atoms with Gasteiger partial charge in [-0.2, -0.15) is 0 Å². The fourth-order valence-corrected chi connectivity index (χ4v) is 5.45. The van der Waals surface area contributed by atoms with E-state index in [-0.39, 0.29) is 17.3 Å². The number of hydrogen-bond donors (Lipinski definition) is 0. The minimum Gasteiger partial charge on any atom is -0.341 e. The molecule has 0 aromatic heterocycles. The van der Waals surface area contributed by atoms with Gasteiger partial charge in [-0.15, -0.1) is 0 Å². The summed E-state index contributed by atoms with van der Waals surface area (Å²) in [5.41, 5.74) is 1.85. The van der Waals surface area contributed by atoms with Gasteiger partial charge in [0, 0.05) is 29.2 Å². The normalized spacial score (nSPS) is 18.2. The second-order valence-corrected chi connectivity index (χ2v) is 8.88. The molecule has 2 aliphatic rings. The molecule has 5 nitrogen and oxygen atoms in total. The zero-order valence-corrected chi connectivity index (χ0v) is 15.8. The Morgan fingerprint density at radius 2 is 1.73 bits per heavy atom. The Morgan fingerprint density at radius 1 is 1.00 bits per heavy atom. The van der Waals surface area contributed by atoms with E-state index in [1.165, 1.54) is 4.31 Å². The first-order valence-electron chi connectivity index (χ1n) is 8.68. The van der Waals surface area contributed by atoms with Crippen LogP contribution in [-0.4, -0.2) is 38.9 Å². The number of carbonyl (C=O) groups is 1. The van der Waals surface area contributed by atoms with Crippen LogP contribution in [0.1, 0.15) is 19.3 Å². The van der Waals surface area contributed by atoms with Gasteiger partial charge in [-0.25, -0.2) is 8.42 Å². The lowest BCUT2D eigenvalue weighted by atomic mass is 10.0. The van der Waals surface area contributed by atoms with Crippen LogP contribution in [0.15, 0.2) is 47.4 Å². The van der Waals surface area contributed by atoms with Crippen molar-refractivity contribution in [1.29, 1.82) is 0 Å². The Hall–Kier alpha value is -2.05. The van der Waals surface area contributed by atoms with Crippen molar-refractivity contribution in [2.75, 3.05) is 23.9 Å². The molecular weight excluding hydrogens is 372 g/mol. The number of rotatable bonds is 2. The molecule has 0 saturated carbocycles. The highest BCUT2D eigenvalue weighted by atomic mass is 35.5. The van der Waals surface area contributed by atoms with Crippen molar-refractivity contribution in [1.82, 2.24) is 4.90 Å². The number of nitrogens with zero attached hydrogens (tertiary/aromatic N) is 2. The summed E-state index contributed by atoms with van der Waals surface area (Å²) < 4.78 is 27.6. The predicted octanol–water partition coefficient (Wildman–Crippen LogP) is 3.53. The van der Waals surface area contributed by atoms with Gasteiger partial charge in [-0.1, -0.05) is 29.8 Å². The summed E-state index contributed by atoms with van der Waals surface area (Å²) >= 11 is 6.15. The Balaban J connectivity index is 1.78. The summed E-state index contributed by atoms with van der Waals surface area (Å²) in [5.74, 6) is -0.159. The predicted molar refractivity (Wildman–Crippen MR) is 102 cm³/mol. The first-order valence-corrected chi connectivity index (χ1v) is 10.5. The van der Waals surface area contributed by atoms with Crippen LogP contribution in [0.3, 0.4) is 0 Å². The van der Waals surface area contributed by atoms with E-state index in [0.717, 1.165) is 24.8 Å². The van der Waals surface area contributed by atoms with Gasteiger partial charge in [0.15, 0.2) is 0 Å². The Kier molecular flexibility index (Phi) is 4.40. The van der Waals surface area contributed by atoms with Gasteiger partial charge in [-0.05, 0) is 43.5 Å². The molecule has 0 unspecified atom stereocenters. The zero-order valence-electron chi connectivity index (χ0n) is 14.2. The van der Waals surface area contributed by atoms with E-state index in [2.05, 4.69) is 0 Å². The third-order valence-electron chi connectivity index (χ3n) is 4.96. The SMILES string of the molecule is O=C(CN1c2ccc(Cl)cc2-c2ccccc2S1(=O)=O)N1CCCCC1. The Morgan fingerprint density at radius 3 is 2.50 bits per heavy atom. The molecule has 1 fully saturated rings. The number of piperidine rings is 1. The molecule has 0 spiro atoms. The molecule has 0 bridgehead atoms. The topological polar surface area (TPSA) is 57.7 Å². The number of carbonyl (C=O) groups excluding carboxylic acids is 1. The molecule has 26 heavy (non-hydrogen) atoms. The molecule has 1 saturated heterocycles. The molecule has 0 N–H and O–H groups in total. The van der Waals surface area contributed by atoms with Crippen LogP contribution in [0.5, 0.6) is 0 Å². The van der Waals surface area contributed by atoms with E-state index in [1.54, 1.807) is 47.4 Å². The second-order valence-electron chi connectivity index (χ2n) is 6.61. The third-order valence-corrected chi connectivity index (χ3v) is 7.01. The Labute approximate surface area is 158 Å². The van der Waals surface area contributed by atoms with E-state index in [9.17, 15) is 13.2 Å². The maximum absolute atomic E-state index is 13.2. The fraction of sp³-hybridized carbons (Fsp3) is 0.316. The summed E-state index contributed by atoms with van der Waals surface area (Å²) in [7, 11) is -3.80. The molecule has 4 rings (SSSR count). The van der Waals surface area contributed by atoms with Crippen molar-refractivity contribution in [3.8, 4) is 11.1 Å². The number of anilines is 1. The standard InChI is InChI=1S/C19H19ClN2O3S/c20-14-8-9-17-16(12-14)15-6-2-3-7-18(15)26(24,25)22(17)13-19(23)21-10-4-1-5-11-21/h2-3,6-9,12H,1,4-5,10-11,13H2. The van der Waals surface area contributed by atoms with Gasteiger partial charge in [0.2, 0.25) is 5.91 Å². The van der Waals surface area contributed by atoms with Crippen molar-refractivity contribution < 1.29 is 13.2 Å². The highest BCUT2D eigenvalue weighted by molar-refractivity contribution is 7.93. The zero-order chi connectivity index (χ0) is 18.3. The number of hydrogen-bond acceptors (Lipinski definition) is 3. The minimum atomic E-state index is -3.80. The summed E-state index contributed by atoms with van der Waals surface area (Å²) in [6, 6.07) is 11.9. The summed E-state index contributed by atoms with van der Waals surface area (Å²) in [4.78, 5) is 14.7. The monoisotopic (exact) mass is 390 g/mol. The van der Waals surface area contributed by atoms with Gasteiger partial charge in [0.25, 0.3) is 10.0 Å². The smallest absolute Gasteiger partial charge is 0.265 e. The number of halogens is 1. The number of sulfonamides is 1. The van der Waals surface area contributed by atoms with Crippen LogP contribution in [-0.2, 0) is 14.8 Å². The summed E-state index contributed by atoms with van der Waals surface area (Å²) in [6.45, 7) is 1.19. The molecule has 2 aromatic rings. The highest BCUT2D eigenvalue weighted by Gasteiger charge is 2.36. The molecule has 2 aliphatic heterocycles. The van der Waals surface area contributed by atoms with E-state index in [0.29, 0.717) is 29.4 Å². The van der Waals surface area contributed by atoms with Crippen LogP contribution in [0.2, 0.25) is 5.02 Å². The lowest BCUT2D eigenvalue weighted by Crippen LogP contribution is -2.45. The van der Waals surface area contributed by atoms with E-state index in [4.69, 9.17) is 11.6 Å². The Bertz CT molecular complexity index is 968. The summed E-state index contributed by atoms with van der Waals surface area (Å²) in [5, 5.41) is 0.528. The van der Waals surface area contributed by atoms with Crippen molar-refractivity contribution in [3.63, 3.8) is 0 Å². The number of amides is 1. The molecule has 2 heterocycles. The lowest BCUT2D eigenvalue weighted by Gasteiger charge is -2.34. The number of likely N-dealkylation sites (tertiary alicyclic amines) is 1. The fourth-order valence-electron chi connectivity index (χ4n) is 3.64.